The van der Waals surface area contributed by atoms with Gasteiger partial charge in [0.25, 0.3) is 0 Å². The van der Waals surface area contributed by atoms with Crippen molar-refractivity contribution in [3.8, 4) is 22.8 Å². The van der Waals surface area contributed by atoms with Gasteiger partial charge in [-0.05, 0) is 43.4 Å². The number of benzene rings is 2. The zero-order chi connectivity index (χ0) is 28.7. The SMILES string of the molecule is Cc1cccc(-c2nc(NCc3ccc(-c4nc(C(F)(F)F)cn4C)cc3)c3ncn(C4CCCCO4)c3n2)c1Cl. The van der Waals surface area contributed by atoms with Gasteiger partial charge in [-0.1, -0.05) is 48.0 Å². The summed E-state index contributed by atoms with van der Waals surface area (Å²) in [6.45, 7) is 3.01. The first-order valence-electron chi connectivity index (χ1n) is 13.2. The van der Waals surface area contributed by atoms with E-state index in [1.165, 1.54) is 4.57 Å². The molecular weight excluding hydrogens is 555 g/mol. The van der Waals surface area contributed by atoms with Crippen molar-refractivity contribution in [2.45, 2.75) is 45.1 Å². The van der Waals surface area contributed by atoms with Crippen molar-refractivity contribution in [1.82, 2.24) is 29.1 Å². The third kappa shape index (κ3) is 5.39. The molecular formula is C29H27ClF3N7O. The van der Waals surface area contributed by atoms with Gasteiger partial charge in [-0.25, -0.2) is 19.9 Å². The lowest BCUT2D eigenvalue weighted by Gasteiger charge is -2.24. The quantitative estimate of drug-likeness (QED) is 0.229. The lowest BCUT2D eigenvalue weighted by Crippen LogP contribution is -2.18. The second-order valence-electron chi connectivity index (χ2n) is 10.1. The molecule has 1 unspecified atom stereocenters. The molecule has 0 spiro atoms. The summed E-state index contributed by atoms with van der Waals surface area (Å²) in [4.78, 5) is 18.1. The summed E-state index contributed by atoms with van der Waals surface area (Å²) in [6, 6.07) is 12.9. The van der Waals surface area contributed by atoms with E-state index in [1.54, 1.807) is 25.5 Å². The molecule has 3 aromatic heterocycles. The third-order valence-electron chi connectivity index (χ3n) is 7.16. The van der Waals surface area contributed by atoms with E-state index in [9.17, 15) is 13.2 Å². The first-order valence-corrected chi connectivity index (χ1v) is 13.6. The molecule has 8 nitrogen and oxygen atoms in total. The first-order chi connectivity index (χ1) is 19.7. The Hall–Kier alpha value is -3.96. The molecule has 212 valence electrons. The highest BCUT2D eigenvalue weighted by Gasteiger charge is 2.34. The fourth-order valence-corrected chi connectivity index (χ4v) is 5.17. The summed E-state index contributed by atoms with van der Waals surface area (Å²) in [7, 11) is 1.54. The fraction of sp³-hybridized carbons (Fsp3) is 0.310. The number of hydrogen-bond acceptors (Lipinski definition) is 6. The maximum Gasteiger partial charge on any atom is 0.434 e. The predicted octanol–water partition coefficient (Wildman–Crippen LogP) is 7.19. The van der Waals surface area contributed by atoms with Gasteiger partial charge >= 0.3 is 6.18 Å². The molecule has 1 atom stereocenters. The van der Waals surface area contributed by atoms with E-state index < -0.39 is 11.9 Å². The highest BCUT2D eigenvalue weighted by molar-refractivity contribution is 6.34. The van der Waals surface area contributed by atoms with Gasteiger partial charge in [-0.3, -0.25) is 4.57 Å². The molecule has 6 rings (SSSR count). The van der Waals surface area contributed by atoms with E-state index in [1.807, 2.05) is 41.8 Å². The van der Waals surface area contributed by atoms with Crippen molar-refractivity contribution < 1.29 is 17.9 Å². The van der Waals surface area contributed by atoms with Crippen LogP contribution in [0.15, 0.2) is 55.0 Å². The van der Waals surface area contributed by atoms with Crippen molar-refractivity contribution in [2.75, 3.05) is 11.9 Å². The summed E-state index contributed by atoms with van der Waals surface area (Å²) in [5.74, 6) is 1.25. The number of halogens is 4. The number of aromatic nitrogens is 6. The van der Waals surface area contributed by atoms with Crippen molar-refractivity contribution in [1.29, 1.82) is 0 Å². The number of aryl methyl sites for hydroxylation is 2. The molecule has 0 aliphatic carbocycles. The Labute approximate surface area is 239 Å². The highest BCUT2D eigenvalue weighted by atomic mass is 35.5. The molecule has 12 heteroatoms. The van der Waals surface area contributed by atoms with Crippen molar-refractivity contribution in [3.63, 3.8) is 0 Å². The van der Waals surface area contributed by atoms with Gasteiger partial charge in [0.1, 0.15) is 12.1 Å². The topological polar surface area (TPSA) is 82.7 Å². The van der Waals surface area contributed by atoms with Crippen LogP contribution in [0.5, 0.6) is 0 Å². The van der Waals surface area contributed by atoms with E-state index in [-0.39, 0.29) is 12.1 Å². The molecule has 0 amide bonds. The lowest BCUT2D eigenvalue weighted by atomic mass is 10.1. The van der Waals surface area contributed by atoms with Crippen LogP contribution in [0.2, 0.25) is 5.02 Å². The predicted molar refractivity (Wildman–Crippen MR) is 150 cm³/mol. The Morgan fingerprint density at radius 2 is 1.88 bits per heavy atom. The smallest absolute Gasteiger partial charge is 0.364 e. The molecule has 2 aromatic carbocycles. The largest absolute Gasteiger partial charge is 0.434 e. The van der Waals surface area contributed by atoms with Crippen molar-refractivity contribution in [3.05, 3.63) is 76.8 Å². The number of alkyl halides is 3. The Balaban J connectivity index is 1.32. The Bertz CT molecular complexity index is 1710. The molecule has 1 aliphatic rings. The zero-order valence-corrected chi connectivity index (χ0v) is 23.2. The van der Waals surface area contributed by atoms with Gasteiger partial charge in [0.2, 0.25) is 0 Å². The molecule has 1 aliphatic heterocycles. The van der Waals surface area contributed by atoms with Crippen molar-refractivity contribution >= 4 is 28.6 Å². The van der Waals surface area contributed by atoms with E-state index in [0.29, 0.717) is 52.1 Å². The minimum absolute atomic E-state index is 0.158. The van der Waals surface area contributed by atoms with Crippen LogP contribution in [0, 0.1) is 6.92 Å². The average molecular weight is 582 g/mol. The van der Waals surface area contributed by atoms with Crippen LogP contribution in [0.1, 0.15) is 42.3 Å². The highest BCUT2D eigenvalue weighted by Crippen LogP contribution is 2.34. The van der Waals surface area contributed by atoms with Crippen LogP contribution < -0.4 is 5.32 Å². The molecule has 1 fully saturated rings. The molecule has 5 aromatic rings. The number of imidazole rings is 2. The van der Waals surface area contributed by atoms with E-state index in [0.717, 1.165) is 36.6 Å². The minimum Gasteiger partial charge on any atom is -0.364 e. The van der Waals surface area contributed by atoms with E-state index in [4.69, 9.17) is 26.3 Å². The number of fused-ring (bicyclic) bond motifs is 1. The maximum atomic E-state index is 13.1. The second-order valence-corrected chi connectivity index (χ2v) is 10.5. The van der Waals surface area contributed by atoms with Gasteiger partial charge in [0.15, 0.2) is 28.5 Å². The van der Waals surface area contributed by atoms with Gasteiger partial charge < -0.3 is 14.6 Å². The molecule has 41 heavy (non-hydrogen) atoms. The van der Waals surface area contributed by atoms with Crippen LogP contribution in [0.3, 0.4) is 0 Å². The summed E-state index contributed by atoms with van der Waals surface area (Å²) in [6.07, 6.45) is 1.01. The molecule has 0 radical (unpaired) electrons. The van der Waals surface area contributed by atoms with Crippen LogP contribution in [-0.2, 0) is 24.5 Å². The molecule has 0 saturated carbocycles. The Morgan fingerprint density at radius 1 is 1.07 bits per heavy atom. The third-order valence-corrected chi connectivity index (χ3v) is 7.66. The van der Waals surface area contributed by atoms with Gasteiger partial charge in [-0.2, -0.15) is 13.2 Å². The van der Waals surface area contributed by atoms with Gasteiger partial charge in [0.05, 0.1) is 11.3 Å². The van der Waals surface area contributed by atoms with E-state index in [2.05, 4.69) is 15.3 Å². The fourth-order valence-electron chi connectivity index (χ4n) is 4.96. The monoisotopic (exact) mass is 581 g/mol. The normalized spacial score (nSPS) is 15.9. The average Bonchev–Trinajstić information content (AvgIpc) is 3.58. The summed E-state index contributed by atoms with van der Waals surface area (Å²) >= 11 is 6.65. The molecule has 4 heterocycles. The van der Waals surface area contributed by atoms with Crippen molar-refractivity contribution in [2.24, 2.45) is 7.05 Å². The number of hydrogen-bond donors (Lipinski definition) is 1. The second kappa shape index (κ2) is 10.8. The standard InChI is InChI=1S/C29H27ClF3N7O/c1-17-6-5-7-20(23(17)30)25-37-26(24-28(38-25)40(16-35-24)22-8-3-4-13-41-22)34-14-18-9-11-19(12-10-18)27-36-21(15-39(27)2)29(31,32)33/h5-7,9-12,15-16,22H,3-4,8,13-14H2,1-2H3,(H,34,37,38). The summed E-state index contributed by atoms with van der Waals surface area (Å²) in [5.41, 5.74) is 3.45. The van der Waals surface area contributed by atoms with E-state index >= 15 is 0 Å². The van der Waals surface area contributed by atoms with Gasteiger partial charge in [0, 0.05) is 37.5 Å². The maximum absolute atomic E-state index is 13.1. The number of rotatable bonds is 6. The molecule has 1 N–H and O–H groups in total. The Kier molecular flexibility index (Phi) is 7.16. The first kappa shape index (κ1) is 27.2. The number of nitrogens with one attached hydrogen (secondary N) is 1. The minimum atomic E-state index is -4.50. The van der Waals surface area contributed by atoms with Gasteiger partial charge in [-0.15, -0.1) is 0 Å². The number of anilines is 1. The summed E-state index contributed by atoms with van der Waals surface area (Å²) in [5, 5.41) is 3.96. The zero-order valence-electron chi connectivity index (χ0n) is 22.4. The molecule has 1 saturated heterocycles. The van der Waals surface area contributed by atoms with Crippen LogP contribution in [-0.4, -0.2) is 35.7 Å². The van der Waals surface area contributed by atoms with Crippen LogP contribution in [0.25, 0.3) is 33.9 Å². The van der Waals surface area contributed by atoms with Crippen LogP contribution in [0.4, 0.5) is 19.0 Å². The number of nitrogens with zero attached hydrogens (tertiary/aromatic N) is 6. The Morgan fingerprint density at radius 3 is 2.59 bits per heavy atom. The van der Waals surface area contributed by atoms with Crippen LogP contribution >= 0.6 is 11.6 Å². The lowest BCUT2D eigenvalue weighted by molar-refractivity contribution is -0.140. The number of ether oxygens (including phenoxy) is 1. The molecule has 0 bridgehead atoms. The summed E-state index contributed by atoms with van der Waals surface area (Å²) < 4.78 is 48.6.